The van der Waals surface area contributed by atoms with Crippen LogP contribution in [0, 0.1) is 0 Å². The van der Waals surface area contributed by atoms with E-state index >= 15 is 0 Å². The minimum absolute atomic E-state index is 0.0179. The molecule has 1 atom stereocenters. The van der Waals surface area contributed by atoms with Crippen LogP contribution in [-0.4, -0.2) is 58.9 Å². The molecule has 1 aromatic heterocycles. The van der Waals surface area contributed by atoms with Crippen molar-refractivity contribution in [2.24, 2.45) is 5.73 Å². The molecule has 9 nitrogen and oxygen atoms in total. The smallest absolute Gasteiger partial charge is 0.451 e. The van der Waals surface area contributed by atoms with Crippen LogP contribution in [0.1, 0.15) is 12.7 Å². The van der Waals surface area contributed by atoms with Gasteiger partial charge in [-0.3, -0.25) is 0 Å². The summed E-state index contributed by atoms with van der Waals surface area (Å²) >= 11 is 1.16. The van der Waals surface area contributed by atoms with Crippen LogP contribution in [0.2, 0.25) is 0 Å². The number of sulfone groups is 1. The normalized spacial score (nSPS) is 16.7. The Kier molecular flexibility index (Phi) is 7.65. The molecule has 0 bridgehead atoms. The summed E-state index contributed by atoms with van der Waals surface area (Å²) in [6.45, 7) is 1.91. The third-order valence-corrected chi connectivity index (χ3v) is 8.07. The van der Waals surface area contributed by atoms with E-state index in [0.717, 1.165) is 18.0 Å². The Balaban J connectivity index is 2.12. The van der Waals surface area contributed by atoms with Gasteiger partial charge in [-0.05, 0) is 24.0 Å². The van der Waals surface area contributed by atoms with Gasteiger partial charge in [0.1, 0.15) is 16.8 Å². The van der Waals surface area contributed by atoms with E-state index in [2.05, 4.69) is 9.97 Å². The third-order valence-electron chi connectivity index (χ3n) is 6.02. The van der Waals surface area contributed by atoms with Gasteiger partial charge in [0.15, 0.2) is 15.7 Å². The fourth-order valence-electron chi connectivity index (χ4n) is 4.30. The number of hydrogen-bond acceptors (Lipinski definition) is 9. The molecule has 0 aliphatic carbocycles. The summed E-state index contributed by atoms with van der Waals surface area (Å²) in [5.41, 5.74) is 6.79. The largest absolute Gasteiger partial charge is 0.478 e. The van der Waals surface area contributed by atoms with Gasteiger partial charge in [-0.25, -0.2) is 28.2 Å². The molecule has 0 spiro atoms. The number of carboxylic acid groups (broad SMARTS) is 1. The summed E-state index contributed by atoms with van der Waals surface area (Å²) < 4.78 is 66.4. The first-order valence-corrected chi connectivity index (χ1v) is 14.6. The van der Waals surface area contributed by atoms with Gasteiger partial charge in [-0.1, -0.05) is 49.4 Å². The van der Waals surface area contributed by atoms with Gasteiger partial charge in [0.2, 0.25) is 5.82 Å². The van der Waals surface area contributed by atoms with Crippen LogP contribution >= 0.6 is 11.8 Å². The molecule has 14 heteroatoms. The molecule has 39 heavy (non-hydrogen) atoms. The lowest BCUT2D eigenvalue weighted by Crippen LogP contribution is -2.44. The molecular formula is C25H24F3N5O4S2. The highest BCUT2D eigenvalue weighted by Crippen LogP contribution is 2.44. The summed E-state index contributed by atoms with van der Waals surface area (Å²) in [6, 6.07) is 13.7. The summed E-state index contributed by atoms with van der Waals surface area (Å²) in [6.07, 6.45) is -2.28. The first-order valence-electron chi connectivity index (χ1n) is 11.5. The Labute approximate surface area is 227 Å². The van der Waals surface area contributed by atoms with Gasteiger partial charge in [0, 0.05) is 18.4 Å². The maximum Gasteiger partial charge on any atom is 0.451 e. The molecule has 1 aliphatic rings. The van der Waals surface area contributed by atoms with E-state index in [1.807, 2.05) is 0 Å². The molecule has 1 unspecified atom stereocenters. The molecule has 0 amide bonds. The zero-order valence-corrected chi connectivity index (χ0v) is 22.6. The summed E-state index contributed by atoms with van der Waals surface area (Å²) in [4.78, 5) is 19.9. The van der Waals surface area contributed by atoms with Crippen molar-refractivity contribution in [2.75, 3.05) is 24.1 Å². The van der Waals surface area contributed by atoms with Gasteiger partial charge >= 0.3 is 12.1 Å². The number of carboxylic acids is 1. The number of benzene rings is 2. The van der Waals surface area contributed by atoms with Crippen LogP contribution in [0.3, 0.4) is 0 Å². The van der Waals surface area contributed by atoms with Crippen LogP contribution in [0.5, 0.6) is 0 Å². The van der Waals surface area contributed by atoms with Crippen molar-refractivity contribution >= 4 is 33.4 Å². The number of nitrogens with zero attached hydrogens (tertiary/aromatic N) is 4. The van der Waals surface area contributed by atoms with Gasteiger partial charge in [0.25, 0.3) is 0 Å². The third kappa shape index (κ3) is 5.31. The molecule has 0 radical (unpaired) electrons. The highest BCUT2D eigenvalue weighted by atomic mass is 32.2. The van der Waals surface area contributed by atoms with E-state index in [4.69, 9.17) is 5.73 Å². The molecule has 0 saturated carbocycles. The van der Waals surface area contributed by atoms with Crippen molar-refractivity contribution < 1.29 is 31.5 Å². The Bertz CT molecular complexity index is 1550. The molecule has 2 heterocycles. The lowest BCUT2D eigenvalue weighted by atomic mass is 9.99. The summed E-state index contributed by atoms with van der Waals surface area (Å²) in [7, 11) is -3.57. The van der Waals surface area contributed by atoms with Crippen molar-refractivity contribution in [2.45, 2.75) is 23.4 Å². The second-order valence-corrected chi connectivity index (χ2v) is 11.4. The van der Waals surface area contributed by atoms with Crippen LogP contribution in [0.4, 0.5) is 19.0 Å². The number of aromatic nitrogens is 2. The van der Waals surface area contributed by atoms with Crippen molar-refractivity contribution in [3.63, 3.8) is 0 Å². The van der Waals surface area contributed by atoms with Crippen LogP contribution in [0.25, 0.3) is 22.4 Å². The number of nitrogens with two attached hydrogens (primary N) is 1. The predicted molar refractivity (Wildman–Crippen MR) is 142 cm³/mol. The molecule has 4 rings (SSSR count). The molecule has 3 N–H and O–H groups in total. The molecule has 2 aromatic carbocycles. The van der Waals surface area contributed by atoms with Crippen molar-refractivity contribution in [1.29, 1.82) is 0 Å². The maximum absolute atomic E-state index is 14.2. The van der Waals surface area contributed by atoms with Gasteiger partial charge in [0.05, 0.1) is 16.2 Å². The van der Waals surface area contributed by atoms with E-state index in [-0.39, 0.29) is 45.5 Å². The zero-order valence-electron chi connectivity index (χ0n) is 21.0. The topological polar surface area (TPSA) is 130 Å². The first-order chi connectivity index (χ1) is 18.3. The average Bonchev–Trinajstić information content (AvgIpc) is 3.18. The molecule has 0 fully saturated rings. The highest BCUT2D eigenvalue weighted by Gasteiger charge is 2.44. The minimum Gasteiger partial charge on any atom is -0.478 e. The molecule has 3 aromatic rings. The fraction of sp³-hybridized carbons (Fsp3) is 0.240. The van der Waals surface area contributed by atoms with Gasteiger partial charge in [-0.2, -0.15) is 18.2 Å². The zero-order chi connectivity index (χ0) is 28.7. The number of carbonyl (C=O) groups is 1. The standard InChI is InChI=1S/C25H24F3N5O4S2/c1-4-32-22(38-2)18(23(34)35)20(29)33(32)21-17(14-8-6-5-7-9-14)19(30-24(31-21)25(26,27)28)15-10-12-16(13-11-15)39(3,36)37/h5-13,22H,4,29H2,1-3H3,(H,34,35). The molecule has 1 aliphatic heterocycles. The number of likely N-dealkylation sites (N-methyl/N-ethyl adjacent to an activating group) is 1. The molecule has 0 saturated heterocycles. The quantitative estimate of drug-likeness (QED) is 0.419. The number of anilines is 1. The first kappa shape index (κ1) is 28.4. The SMILES string of the molecule is CCN1C(SC)C(C(=O)O)=C(N)N1c1nc(C(F)(F)F)nc(-c2ccc(S(C)(=O)=O)cc2)c1-c1ccccc1. The van der Waals surface area contributed by atoms with E-state index < -0.39 is 33.2 Å². The number of alkyl halides is 3. The molecular weight excluding hydrogens is 555 g/mol. The number of hydrogen-bond donors (Lipinski definition) is 2. The number of aliphatic carboxylic acids is 1. The Morgan fingerprint density at radius 3 is 2.18 bits per heavy atom. The number of halogens is 3. The number of rotatable bonds is 7. The maximum atomic E-state index is 14.2. The summed E-state index contributed by atoms with van der Waals surface area (Å²) in [5, 5.41) is 11.8. The van der Waals surface area contributed by atoms with Crippen molar-refractivity contribution in [1.82, 2.24) is 15.0 Å². The Morgan fingerprint density at radius 2 is 1.69 bits per heavy atom. The van der Waals surface area contributed by atoms with Gasteiger partial charge < -0.3 is 10.8 Å². The van der Waals surface area contributed by atoms with Crippen LogP contribution < -0.4 is 10.7 Å². The summed E-state index contributed by atoms with van der Waals surface area (Å²) in [5.74, 6) is -3.31. The number of thioether (sulfide) groups is 1. The van der Waals surface area contributed by atoms with Crippen molar-refractivity contribution in [3.05, 3.63) is 71.8 Å². The van der Waals surface area contributed by atoms with E-state index in [1.54, 1.807) is 43.5 Å². The predicted octanol–water partition coefficient (Wildman–Crippen LogP) is 4.23. The van der Waals surface area contributed by atoms with Crippen molar-refractivity contribution in [3.8, 4) is 22.4 Å². The van der Waals surface area contributed by atoms with Crippen LogP contribution in [-0.2, 0) is 20.8 Å². The number of hydrazine groups is 1. The highest BCUT2D eigenvalue weighted by molar-refractivity contribution is 7.99. The lowest BCUT2D eigenvalue weighted by molar-refractivity contribution is -0.144. The van der Waals surface area contributed by atoms with E-state index in [9.17, 15) is 31.5 Å². The monoisotopic (exact) mass is 579 g/mol. The van der Waals surface area contributed by atoms with E-state index in [1.165, 1.54) is 34.3 Å². The lowest BCUT2D eigenvalue weighted by Gasteiger charge is -2.34. The minimum atomic E-state index is -4.96. The average molecular weight is 580 g/mol. The van der Waals surface area contributed by atoms with E-state index in [0.29, 0.717) is 5.56 Å². The Hall–Kier alpha value is -3.62. The van der Waals surface area contributed by atoms with Crippen LogP contribution in [0.15, 0.2) is 70.9 Å². The fourth-order valence-corrected chi connectivity index (χ4v) is 5.87. The second-order valence-electron chi connectivity index (χ2n) is 8.51. The van der Waals surface area contributed by atoms with Gasteiger partial charge in [-0.15, -0.1) is 11.8 Å². The Morgan fingerprint density at radius 1 is 1.08 bits per heavy atom. The second kappa shape index (κ2) is 10.5. The molecule has 206 valence electrons.